The first-order valence-corrected chi connectivity index (χ1v) is 44.0. The van der Waals surface area contributed by atoms with Gasteiger partial charge in [0.05, 0.1) is 26.4 Å². The van der Waals surface area contributed by atoms with Gasteiger partial charge in [0.15, 0.2) is 12.2 Å². The highest BCUT2D eigenvalue weighted by Gasteiger charge is 2.30. The first kappa shape index (κ1) is 103. The number of phosphoric ester groups is 2. The molecule has 17 nitrogen and oxygen atoms in total. The van der Waals surface area contributed by atoms with Crippen LogP contribution in [-0.2, 0) is 65.4 Å². The molecule has 0 saturated heterocycles. The fourth-order valence-corrected chi connectivity index (χ4v) is 11.4. The SMILES string of the molecule is CC/C=C\C/C=C\C/C=C\C/C=C\C/C=C\C/C=C\CCC(=O)OCC(COP(=O)(O)OCC(O)COP(=O)(O)OCC(COC(=O)CCCCCCCC/C=C\C/C=C\C/C=C\C/C=C\CC)OC(=O)CCCCCC/C=C\C/C=C\C/C=C\C/C=C\CC)OC(=O)CCCC/C=C\C/C=C\C/C=C\C/C=C\CC. The molecule has 618 valence electrons. The lowest BCUT2D eigenvalue weighted by Gasteiger charge is -2.21. The summed E-state index contributed by atoms with van der Waals surface area (Å²) < 4.78 is 68.6. The topological polar surface area (TPSA) is 237 Å². The number of rotatable bonds is 74. The molecule has 0 saturated carbocycles. The van der Waals surface area contributed by atoms with Crippen molar-refractivity contribution < 1.29 is 80.2 Å². The minimum atomic E-state index is -5.02. The molecule has 0 fully saturated rings. The van der Waals surface area contributed by atoms with Crippen molar-refractivity contribution in [2.75, 3.05) is 39.6 Å². The van der Waals surface area contributed by atoms with Crippen molar-refractivity contribution in [3.63, 3.8) is 0 Å². The Hall–Kier alpha value is -6.62. The van der Waals surface area contributed by atoms with Crippen LogP contribution in [0.5, 0.6) is 0 Å². The number of ether oxygens (including phenoxy) is 4. The monoisotopic (exact) mass is 1570 g/mol. The number of aliphatic hydroxyl groups excluding tert-OH is 1. The molecule has 0 bridgehead atoms. The van der Waals surface area contributed by atoms with Gasteiger partial charge in [-0.2, -0.15) is 0 Å². The number of hydrogen-bond donors (Lipinski definition) is 3. The van der Waals surface area contributed by atoms with E-state index in [4.69, 9.17) is 37.0 Å². The predicted octanol–water partition coefficient (Wildman–Crippen LogP) is 24.4. The van der Waals surface area contributed by atoms with E-state index in [1.165, 1.54) is 0 Å². The highest BCUT2D eigenvalue weighted by molar-refractivity contribution is 7.47. The van der Waals surface area contributed by atoms with Crippen LogP contribution in [0.25, 0.3) is 0 Å². The molecule has 0 aliphatic rings. The van der Waals surface area contributed by atoms with Crippen LogP contribution in [0.15, 0.2) is 219 Å². The number of aliphatic hydroxyl groups is 1. The van der Waals surface area contributed by atoms with Crippen molar-refractivity contribution in [3.05, 3.63) is 219 Å². The van der Waals surface area contributed by atoms with E-state index in [1.54, 1.807) is 0 Å². The maximum absolute atomic E-state index is 13.1. The fraction of sp³-hybridized carbons (Fsp3) is 0.560. The van der Waals surface area contributed by atoms with Crippen LogP contribution in [-0.4, -0.2) is 96.7 Å². The lowest BCUT2D eigenvalue weighted by Crippen LogP contribution is -2.30. The lowest BCUT2D eigenvalue weighted by molar-refractivity contribution is -0.161. The lowest BCUT2D eigenvalue weighted by atomic mass is 10.1. The average Bonchev–Trinajstić information content (AvgIpc) is 0.899. The number of esters is 4. The Labute approximate surface area is 664 Å². The Morgan fingerprint density at radius 2 is 0.464 bits per heavy atom. The Bertz CT molecular complexity index is 2950. The largest absolute Gasteiger partial charge is 0.472 e. The normalized spacial score (nSPS) is 14.9. The van der Waals surface area contributed by atoms with Gasteiger partial charge in [-0.1, -0.05) is 285 Å². The van der Waals surface area contributed by atoms with Crippen LogP contribution in [0, 0.1) is 0 Å². The smallest absolute Gasteiger partial charge is 0.462 e. The van der Waals surface area contributed by atoms with Crippen LogP contribution < -0.4 is 0 Å². The standard InChI is InChI=1S/C91H142O17P2/c1-5-9-13-17-21-25-29-33-37-40-42-45-48-51-55-59-63-67-71-75-88(93)101-81-86(107-90(95)77-73-69-65-61-57-53-47-36-32-28-24-20-16-12-8-4)83-105-109(97,98)103-79-85(92)80-104-110(99,100)106-84-87(108-91(96)78-74-70-66-62-58-54-50-44-39-35-31-27-23-19-15-11-7-3)82-102-89(94)76-72-68-64-60-56-52-49-46-43-41-38-34-30-26-22-18-14-10-6-2/h9-16,21-28,33-39,42-43,45-47,50-51,54-55,57,61,63,67,85-87,92H,5-8,17-20,29-32,40-41,44,48-49,52-53,56,58-60,62,64-66,68-84H2,1-4H3,(H,97,98)(H,99,100)/b13-9-,14-10-,15-11-,16-12-,25-21-,26-22-,27-23-,28-24-,37-33-,38-34-,39-35-,45-42-,46-43-,47-36-,54-50-,55-51-,61-57-,67-63-. The van der Waals surface area contributed by atoms with E-state index in [-0.39, 0.29) is 25.7 Å². The molecule has 5 atom stereocenters. The summed E-state index contributed by atoms with van der Waals surface area (Å²) in [6, 6.07) is 0. The van der Waals surface area contributed by atoms with Gasteiger partial charge in [-0.25, -0.2) is 9.13 Å². The van der Waals surface area contributed by atoms with Crippen molar-refractivity contribution in [3.8, 4) is 0 Å². The van der Waals surface area contributed by atoms with Gasteiger partial charge in [-0.3, -0.25) is 37.3 Å². The van der Waals surface area contributed by atoms with Crippen molar-refractivity contribution in [2.24, 2.45) is 0 Å². The number of phosphoric acid groups is 2. The molecule has 0 aromatic heterocycles. The number of allylic oxidation sites excluding steroid dienone is 36. The van der Waals surface area contributed by atoms with Crippen LogP contribution in [0.4, 0.5) is 0 Å². The molecule has 0 aromatic carbocycles. The fourth-order valence-electron chi connectivity index (χ4n) is 9.86. The maximum atomic E-state index is 13.1. The van der Waals surface area contributed by atoms with E-state index in [9.17, 15) is 43.2 Å². The average molecular weight is 1570 g/mol. The molecular formula is C91H142O17P2. The van der Waals surface area contributed by atoms with Crippen LogP contribution in [0.2, 0.25) is 0 Å². The first-order valence-electron chi connectivity index (χ1n) is 41.0. The zero-order valence-electron chi connectivity index (χ0n) is 67.6. The second-order valence-corrected chi connectivity index (χ2v) is 29.1. The molecule has 0 aliphatic carbocycles. The number of carbonyl (C=O) groups excluding carboxylic acids is 4. The summed E-state index contributed by atoms with van der Waals surface area (Å²) in [7, 11) is -10.0. The van der Waals surface area contributed by atoms with Gasteiger partial charge >= 0.3 is 39.5 Å². The van der Waals surface area contributed by atoms with Gasteiger partial charge in [0.2, 0.25) is 0 Å². The van der Waals surface area contributed by atoms with Gasteiger partial charge in [0.1, 0.15) is 19.3 Å². The predicted molar refractivity (Wildman–Crippen MR) is 454 cm³/mol. The van der Waals surface area contributed by atoms with E-state index >= 15 is 0 Å². The van der Waals surface area contributed by atoms with Crippen molar-refractivity contribution in [2.45, 2.75) is 290 Å². The molecule has 5 unspecified atom stereocenters. The summed E-state index contributed by atoms with van der Waals surface area (Å²) in [4.78, 5) is 73.1. The quantitative estimate of drug-likeness (QED) is 0.0169. The second-order valence-electron chi connectivity index (χ2n) is 26.2. The summed E-state index contributed by atoms with van der Waals surface area (Å²) in [5.74, 6) is -2.39. The summed E-state index contributed by atoms with van der Waals surface area (Å²) in [6.07, 6.45) is 102. The minimum Gasteiger partial charge on any atom is -0.462 e. The van der Waals surface area contributed by atoms with Gasteiger partial charge in [-0.05, 0) is 180 Å². The Kier molecular flexibility index (Phi) is 75.6. The first-order chi connectivity index (χ1) is 53.7. The van der Waals surface area contributed by atoms with Gasteiger partial charge in [0.25, 0.3) is 0 Å². The zero-order valence-corrected chi connectivity index (χ0v) is 69.4. The minimum absolute atomic E-state index is 0.0165. The molecule has 0 spiro atoms. The van der Waals surface area contributed by atoms with Crippen molar-refractivity contribution in [1.29, 1.82) is 0 Å². The molecule has 0 amide bonds. The molecule has 0 heterocycles. The summed E-state index contributed by atoms with van der Waals surface area (Å²) in [5.41, 5.74) is 0. The third-order valence-electron chi connectivity index (χ3n) is 15.9. The van der Waals surface area contributed by atoms with E-state index < -0.39 is 97.5 Å². The van der Waals surface area contributed by atoms with E-state index in [0.29, 0.717) is 38.5 Å². The summed E-state index contributed by atoms with van der Waals surface area (Å²) in [6.45, 7) is 4.21. The zero-order chi connectivity index (χ0) is 80.3. The molecule has 0 rings (SSSR count). The van der Waals surface area contributed by atoms with Crippen LogP contribution in [0.1, 0.15) is 272 Å². The number of hydrogen-bond acceptors (Lipinski definition) is 15. The summed E-state index contributed by atoms with van der Waals surface area (Å²) in [5, 5.41) is 10.7. The van der Waals surface area contributed by atoms with Crippen LogP contribution >= 0.6 is 15.6 Å². The Morgan fingerprint density at radius 1 is 0.255 bits per heavy atom. The van der Waals surface area contributed by atoms with Crippen molar-refractivity contribution in [1.82, 2.24) is 0 Å². The Morgan fingerprint density at radius 3 is 0.755 bits per heavy atom. The van der Waals surface area contributed by atoms with Crippen molar-refractivity contribution >= 4 is 39.5 Å². The third kappa shape index (κ3) is 79.5. The molecule has 110 heavy (non-hydrogen) atoms. The van der Waals surface area contributed by atoms with E-state index in [2.05, 4.69) is 222 Å². The van der Waals surface area contributed by atoms with Gasteiger partial charge in [-0.15, -0.1) is 0 Å². The molecular weight excluding hydrogens is 1430 g/mol. The highest BCUT2D eigenvalue weighted by Crippen LogP contribution is 2.45. The molecule has 19 heteroatoms. The summed E-state index contributed by atoms with van der Waals surface area (Å²) >= 11 is 0. The molecule has 0 aliphatic heterocycles. The Balaban J connectivity index is 5.53. The number of carbonyl (C=O) groups is 4. The number of unbranched alkanes of at least 4 members (excludes halogenated alkanes) is 12. The van der Waals surface area contributed by atoms with E-state index in [0.717, 1.165) is 180 Å². The molecule has 0 aromatic rings. The highest BCUT2D eigenvalue weighted by atomic mass is 31.2. The molecule has 3 N–H and O–H groups in total. The maximum Gasteiger partial charge on any atom is 0.472 e. The van der Waals surface area contributed by atoms with Gasteiger partial charge < -0.3 is 33.8 Å². The van der Waals surface area contributed by atoms with Gasteiger partial charge in [0, 0.05) is 25.7 Å². The van der Waals surface area contributed by atoms with Crippen LogP contribution in [0.3, 0.4) is 0 Å². The third-order valence-corrected chi connectivity index (χ3v) is 17.8. The molecule has 0 radical (unpaired) electrons. The second kappa shape index (κ2) is 80.4. The van der Waals surface area contributed by atoms with E-state index in [1.807, 2.05) is 24.3 Å².